The molecule has 0 aliphatic carbocycles. The van der Waals surface area contributed by atoms with Gasteiger partial charge in [-0.2, -0.15) is 0 Å². The van der Waals surface area contributed by atoms with Crippen molar-refractivity contribution in [2.45, 2.75) is 26.7 Å². The first kappa shape index (κ1) is 13.6. The first-order valence-electron chi connectivity index (χ1n) is 6.58. The van der Waals surface area contributed by atoms with Crippen LogP contribution in [0.4, 0.5) is 4.39 Å². The van der Waals surface area contributed by atoms with Crippen LogP contribution in [0, 0.1) is 11.7 Å². The van der Waals surface area contributed by atoms with Crippen molar-refractivity contribution >= 4 is 16.8 Å². The van der Waals surface area contributed by atoms with E-state index in [2.05, 4.69) is 24.1 Å². The van der Waals surface area contributed by atoms with E-state index in [0.29, 0.717) is 18.9 Å². The van der Waals surface area contributed by atoms with E-state index in [9.17, 15) is 9.18 Å². The minimum absolute atomic E-state index is 0.00544. The number of aromatic amines is 1. The van der Waals surface area contributed by atoms with Crippen LogP contribution in [0.15, 0.2) is 24.4 Å². The predicted octanol–water partition coefficient (Wildman–Crippen LogP) is 3.01. The van der Waals surface area contributed by atoms with E-state index in [1.54, 1.807) is 12.3 Å². The Bertz CT molecular complexity index is 575. The van der Waals surface area contributed by atoms with Gasteiger partial charge in [-0.05, 0) is 36.1 Å². The quantitative estimate of drug-likeness (QED) is 0.854. The molecule has 102 valence electrons. The Kier molecular flexibility index (Phi) is 4.20. The van der Waals surface area contributed by atoms with Gasteiger partial charge in [0.05, 0.1) is 6.42 Å². The Hall–Kier alpha value is -1.84. The minimum atomic E-state index is -0.276. The van der Waals surface area contributed by atoms with Gasteiger partial charge >= 0.3 is 0 Å². The predicted molar refractivity (Wildman–Crippen MR) is 74.4 cm³/mol. The van der Waals surface area contributed by atoms with Gasteiger partial charge < -0.3 is 10.3 Å². The molecular weight excluding hydrogens is 243 g/mol. The van der Waals surface area contributed by atoms with E-state index in [-0.39, 0.29) is 11.7 Å². The van der Waals surface area contributed by atoms with Gasteiger partial charge in [-0.15, -0.1) is 0 Å². The third-order valence-electron chi connectivity index (χ3n) is 3.12. The molecule has 3 nitrogen and oxygen atoms in total. The summed E-state index contributed by atoms with van der Waals surface area (Å²) in [5.41, 5.74) is 1.63. The maximum Gasteiger partial charge on any atom is 0.224 e. The molecule has 1 aromatic heterocycles. The second-order valence-electron chi connectivity index (χ2n) is 5.21. The number of carbonyl (C=O) groups excluding carboxylic acids is 1. The molecule has 0 unspecified atom stereocenters. The molecule has 0 spiro atoms. The lowest BCUT2D eigenvalue weighted by Crippen LogP contribution is -2.26. The smallest absolute Gasteiger partial charge is 0.224 e. The fraction of sp³-hybridized carbons (Fsp3) is 0.400. The number of nitrogens with one attached hydrogen (secondary N) is 2. The molecule has 0 aliphatic rings. The maximum absolute atomic E-state index is 13.1. The summed E-state index contributed by atoms with van der Waals surface area (Å²) in [5, 5.41) is 3.80. The summed E-state index contributed by atoms with van der Waals surface area (Å²) in [4.78, 5) is 14.8. The molecule has 0 saturated carbocycles. The molecular formula is C15H19FN2O. The van der Waals surface area contributed by atoms with Gasteiger partial charge in [0.15, 0.2) is 0 Å². The van der Waals surface area contributed by atoms with Crippen molar-refractivity contribution in [3.63, 3.8) is 0 Å². The van der Waals surface area contributed by atoms with Crippen molar-refractivity contribution in [3.8, 4) is 0 Å². The summed E-state index contributed by atoms with van der Waals surface area (Å²) in [6.07, 6.45) is 3.07. The highest BCUT2D eigenvalue weighted by Gasteiger charge is 2.09. The topological polar surface area (TPSA) is 44.9 Å². The van der Waals surface area contributed by atoms with Crippen LogP contribution < -0.4 is 5.32 Å². The molecule has 1 amide bonds. The van der Waals surface area contributed by atoms with E-state index < -0.39 is 0 Å². The van der Waals surface area contributed by atoms with Gasteiger partial charge in [0.1, 0.15) is 5.82 Å². The summed E-state index contributed by atoms with van der Waals surface area (Å²) in [5.74, 6) is 0.310. The lowest BCUT2D eigenvalue weighted by molar-refractivity contribution is -0.120. The molecule has 0 aliphatic heterocycles. The van der Waals surface area contributed by atoms with Crippen molar-refractivity contribution < 1.29 is 9.18 Å². The molecule has 0 saturated heterocycles. The zero-order valence-corrected chi connectivity index (χ0v) is 11.3. The van der Waals surface area contributed by atoms with E-state index in [0.717, 1.165) is 22.9 Å². The Balaban J connectivity index is 1.99. The normalized spacial score (nSPS) is 11.2. The van der Waals surface area contributed by atoms with Crippen LogP contribution in [0.25, 0.3) is 10.9 Å². The van der Waals surface area contributed by atoms with Crippen LogP contribution in [0.2, 0.25) is 0 Å². The average molecular weight is 262 g/mol. The van der Waals surface area contributed by atoms with Crippen molar-refractivity contribution in [1.29, 1.82) is 0 Å². The molecule has 0 fully saturated rings. The zero-order valence-electron chi connectivity index (χ0n) is 11.3. The molecule has 4 heteroatoms. The lowest BCUT2D eigenvalue weighted by Gasteiger charge is -2.06. The molecule has 1 heterocycles. The Labute approximate surface area is 112 Å². The summed E-state index contributed by atoms with van der Waals surface area (Å²) in [7, 11) is 0. The lowest BCUT2D eigenvalue weighted by atomic mass is 10.1. The van der Waals surface area contributed by atoms with Gasteiger partial charge in [0.2, 0.25) is 5.91 Å². The van der Waals surface area contributed by atoms with Gasteiger partial charge in [-0.25, -0.2) is 4.39 Å². The number of amides is 1. The molecule has 2 N–H and O–H groups in total. The standard InChI is InChI=1S/C15H19FN2O/c1-10(2)5-6-17-15(19)7-11-9-18-14-8-12(16)3-4-13(11)14/h3-4,8-10,18H,5-7H2,1-2H3,(H,17,19). The summed E-state index contributed by atoms with van der Waals surface area (Å²) in [6, 6.07) is 4.56. The summed E-state index contributed by atoms with van der Waals surface area (Å²) >= 11 is 0. The van der Waals surface area contributed by atoms with E-state index in [4.69, 9.17) is 0 Å². The second-order valence-corrected chi connectivity index (χ2v) is 5.21. The largest absolute Gasteiger partial charge is 0.361 e. The van der Waals surface area contributed by atoms with Gasteiger partial charge in [-0.3, -0.25) is 4.79 Å². The van der Waals surface area contributed by atoms with E-state index in [1.165, 1.54) is 12.1 Å². The second kappa shape index (κ2) is 5.87. The molecule has 1 aromatic carbocycles. The average Bonchev–Trinajstić information content (AvgIpc) is 2.71. The molecule has 0 bridgehead atoms. The number of fused-ring (bicyclic) bond motifs is 1. The monoisotopic (exact) mass is 262 g/mol. The van der Waals surface area contributed by atoms with Crippen LogP contribution in [0.3, 0.4) is 0 Å². The Morgan fingerprint density at radius 1 is 1.42 bits per heavy atom. The number of rotatable bonds is 5. The highest BCUT2D eigenvalue weighted by atomic mass is 19.1. The first-order chi connectivity index (χ1) is 9.06. The third kappa shape index (κ3) is 3.56. The Morgan fingerprint density at radius 2 is 2.21 bits per heavy atom. The Morgan fingerprint density at radius 3 is 2.95 bits per heavy atom. The van der Waals surface area contributed by atoms with Gasteiger partial charge in [-0.1, -0.05) is 13.8 Å². The molecule has 0 atom stereocenters. The van der Waals surface area contributed by atoms with Crippen LogP contribution in [-0.2, 0) is 11.2 Å². The van der Waals surface area contributed by atoms with Crippen molar-refractivity contribution in [2.75, 3.05) is 6.54 Å². The summed E-state index contributed by atoms with van der Waals surface area (Å²) < 4.78 is 13.1. The van der Waals surface area contributed by atoms with Crippen molar-refractivity contribution in [3.05, 3.63) is 35.8 Å². The van der Waals surface area contributed by atoms with E-state index in [1.807, 2.05) is 0 Å². The SMILES string of the molecule is CC(C)CCNC(=O)Cc1c[nH]c2cc(F)ccc12. The summed E-state index contributed by atoms with van der Waals surface area (Å²) in [6.45, 7) is 4.95. The molecule has 0 radical (unpaired) electrons. The number of hydrogen-bond donors (Lipinski definition) is 2. The highest BCUT2D eigenvalue weighted by molar-refractivity contribution is 5.88. The van der Waals surface area contributed by atoms with Gasteiger partial charge in [0, 0.05) is 23.6 Å². The fourth-order valence-electron chi connectivity index (χ4n) is 2.04. The number of halogens is 1. The fourth-order valence-corrected chi connectivity index (χ4v) is 2.04. The van der Waals surface area contributed by atoms with Crippen molar-refractivity contribution in [2.24, 2.45) is 5.92 Å². The number of benzene rings is 1. The van der Waals surface area contributed by atoms with Crippen LogP contribution >= 0.6 is 0 Å². The number of hydrogen-bond acceptors (Lipinski definition) is 1. The van der Waals surface area contributed by atoms with Crippen LogP contribution in [0.5, 0.6) is 0 Å². The number of aromatic nitrogens is 1. The zero-order chi connectivity index (χ0) is 13.8. The van der Waals surface area contributed by atoms with Crippen LogP contribution in [-0.4, -0.2) is 17.4 Å². The number of H-pyrrole nitrogens is 1. The molecule has 19 heavy (non-hydrogen) atoms. The molecule has 2 rings (SSSR count). The van der Waals surface area contributed by atoms with Crippen molar-refractivity contribution in [1.82, 2.24) is 10.3 Å². The van der Waals surface area contributed by atoms with Crippen LogP contribution in [0.1, 0.15) is 25.8 Å². The number of carbonyl (C=O) groups is 1. The highest BCUT2D eigenvalue weighted by Crippen LogP contribution is 2.19. The van der Waals surface area contributed by atoms with E-state index >= 15 is 0 Å². The first-order valence-corrected chi connectivity index (χ1v) is 6.58. The third-order valence-corrected chi connectivity index (χ3v) is 3.12. The minimum Gasteiger partial charge on any atom is -0.361 e. The molecule has 2 aromatic rings. The van der Waals surface area contributed by atoms with Gasteiger partial charge in [0.25, 0.3) is 0 Å². The maximum atomic E-state index is 13.1.